The van der Waals surface area contributed by atoms with Crippen molar-refractivity contribution in [3.8, 4) is 5.82 Å². The molecule has 9 nitrogen and oxygen atoms in total. The van der Waals surface area contributed by atoms with Crippen LogP contribution in [0.1, 0.15) is 33.7 Å². The van der Waals surface area contributed by atoms with Gasteiger partial charge in [0.15, 0.2) is 0 Å². The van der Waals surface area contributed by atoms with Crippen LogP contribution in [0.15, 0.2) is 55.1 Å². The van der Waals surface area contributed by atoms with E-state index in [-0.39, 0.29) is 23.6 Å². The third kappa shape index (κ3) is 4.64. The number of hydrogen-bond donors (Lipinski definition) is 2. The molecule has 2 amide bonds. The number of amides is 2. The predicted octanol–water partition coefficient (Wildman–Crippen LogP) is 1.82. The average Bonchev–Trinajstić information content (AvgIpc) is 3.47. The molecule has 0 saturated carbocycles. The zero-order valence-electron chi connectivity index (χ0n) is 15.6. The smallest absolute Gasteiger partial charge is 0.274 e. The lowest BCUT2D eigenvalue weighted by Gasteiger charge is -2.11. The molecule has 0 unspecified atom stereocenters. The quantitative estimate of drug-likeness (QED) is 0.662. The van der Waals surface area contributed by atoms with Crippen molar-refractivity contribution < 1.29 is 14.3 Å². The molecule has 1 saturated heterocycles. The first-order chi connectivity index (χ1) is 14.2. The SMILES string of the molecule is O=C(NC[C@H]1CCCO1)c1ccc(NC(=O)c2cccc(-n3cnnc3)n2)cc1. The molecule has 148 valence electrons. The Labute approximate surface area is 167 Å². The lowest BCUT2D eigenvalue weighted by Crippen LogP contribution is -2.31. The number of benzene rings is 1. The van der Waals surface area contributed by atoms with Gasteiger partial charge in [0, 0.05) is 24.4 Å². The summed E-state index contributed by atoms with van der Waals surface area (Å²) in [5, 5.41) is 13.1. The van der Waals surface area contributed by atoms with Crippen molar-refractivity contribution in [1.29, 1.82) is 0 Å². The van der Waals surface area contributed by atoms with Crippen LogP contribution in [0, 0.1) is 0 Å². The van der Waals surface area contributed by atoms with Crippen molar-refractivity contribution in [2.24, 2.45) is 0 Å². The lowest BCUT2D eigenvalue weighted by molar-refractivity contribution is 0.0857. The fourth-order valence-corrected chi connectivity index (χ4v) is 3.03. The molecule has 0 spiro atoms. The average molecular weight is 392 g/mol. The Kier molecular flexibility index (Phi) is 5.57. The Bertz CT molecular complexity index is 982. The summed E-state index contributed by atoms with van der Waals surface area (Å²) in [6.45, 7) is 1.26. The van der Waals surface area contributed by atoms with Gasteiger partial charge in [-0.3, -0.25) is 14.2 Å². The molecule has 1 aliphatic heterocycles. The first kappa shape index (κ1) is 18.8. The number of ether oxygens (including phenoxy) is 1. The predicted molar refractivity (Wildman–Crippen MR) is 105 cm³/mol. The molecule has 3 aromatic rings. The molecule has 9 heteroatoms. The second kappa shape index (κ2) is 8.61. The van der Waals surface area contributed by atoms with E-state index in [2.05, 4.69) is 25.8 Å². The number of hydrogen-bond acceptors (Lipinski definition) is 6. The second-order valence-electron chi connectivity index (χ2n) is 6.63. The van der Waals surface area contributed by atoms with Crippen molar-refractivity contribution in [2.75, 3.05) is 18.5 Å². The van der Waals surface area contributed by atoms with Gasteiger partial charge in [-0.1, -0.05) is 6.07 Å². The number of aromatic nitrogens is 4. The van der Waals surface area contributed by atoms with Gasteiger partial charge < -0.3 is 15.4 Å². The molecule has 2 aromatic heterocycles. The van der Waals surface area contributed by atoms with Gasteiger partial charge in [0.05, 0.1) is 6.10 Å². The molecular formula is C20H20N6O3. The third-order valence-electron chi connectivity index (χ3n) is 4.57. The zero-order valence-corrected chi connectivity index (χ0v) is 15.6. The van der Waals surface area contributed by atoms with E-state index in [0.717, 1.165) is 19.4 Å². The van der Waals surface area contributed by atoms with E-state index in [4.69, 9.17) is 4.74 Å². The van der Waals surface area contributed by atoms with Gasteiger partial charge in [-0.2, -0.15) is 0 Å². The minimum Gasteiger partial charge on any atom is -0.376 e. The number of pyridine rings is 1. The summed E-state index contributed by atoms with van der Waals surface area (Å²) in [6, 6.07) is 11.8. The van der Waals surface area contributed by atoms with E-state index < -0.39 is 0 Å². The largest absolute Gasteiger partial charge is 0.376 e. The maximum atomic E-state index is 12.5. The maximum absolute atomic E-state index is 12.5. The third-order valence-corrected chi connectivity index (χ3v) is 4.57. The highest BCUT2D eigenvalue weighted by Gasteiger charge is 2.17. The Hall–Kier alpha value is -3.59. The number of rotatable bonds is 6. The number of nitrogens with zero attached hydrogens (tertiary/aromatic N) is 4. The van der Waals surface area contributed by atoms with E-state index >= 15 is 0 Å². The highest BCUT2D eigenvalue weighted by Crippen LogP contribution is 2.13. The second-order valence-corrected chi connectivity index (χ2v) is 6.63. The summed E-state index contributed by atoms with van der Waals surface area (Å²) in [7, 11) is 0. The van der Waals surface area contributed by atoms with Gasteiger partial charge in [0.25, 0.3) is 11.8 Å². The number of carbonyl (C=O) groups is 2. The van der Waals surface area contributed by atoms with Gasteiger partial charge in [-0.25, -0.2) is 4.98 Å². The van der Waals surface area contributed by atoms with Crippen LogP contribution in [-0.4, -0.2) is 50.8 Å². The molecule has 29 heavy (non-hydrogen) atoms. The van der Waals surface area contributed by atoms with Gasteiger partial charge in [-0.15, -0.1) is 10.2 Å². The van der Waals surface area contributed by atoms with E-state index in [1.165, 1.54) is 12.7 Å². The van der Waals surface area contributed by atoms with Crippen LogP contribution in [-0.2, 0) is 4.74 Å². The van der Waals surface area contributed by atoms with Crippen LogP contribution in [0.3, 0.4) is 0 Å². The van der Waals surface area contributed by atoms with Crippen LogP contribution in [0.25, 0.3) is 5.82 Å². The molecule has 0 radical (unpaired) electrons. The van der Waals surface area contributed by atoms with E-state index in [1.54, 1.807) is 47.0 Å². The molecule has 3 heterocycles. The summed E-state index contributed by atoms with van der Waals surface area (Å²) in [5.74, 6) is 0.0260. The maximum Gasteiger partial charge on any atom is 0.274 e. The minimum absolute atomic E-state index is 0.0962. The normalized spacial score (nSPS) is 15.8. The van der Waals surface area contributed by atoms with Crippen molar-refractivity contribution >= 4 is 17.5 Å². The fraction of sp³-hybridized carbons (Fsp3) is 0.250. The molecule has 1 aromatic carbocycles. The Morgan fingerprint density at radius 1 is 1.07 bits per heavy atom. The first-order valence-electron chi connectivity index (χ1n) is 9.32. The highest BCUT2D eigenvalue weighted by molar-refractivity contribution is 6.03. The summed E-state index contributed by atoms with van der Waals surface area (Å²) in [4.78, 5) is 29.0. The number of anilines is 1. The number of carbonyl (C=O) groups excluding carboxylic acids is 2. The molecule has 1 atom stereocenters. The summed E-state index contributed by atoms with van der Waals surface area (Å²) in [5.41, 5.74) is 1.35. The summed E-state index contributed by atoms with van der Waals surface area (Å²) in [6.07, 6.45) is 5.11. The molecular weight excluding hydrogens is 372 g/mol. The van der Waals surface area contributed by atoms with Crippen LogP contribution >= 0.6 is 0 Å². The van der Waals surface area contributed by atoms with Gasteiger partial charge in [0.1, 0.15) is 24.2 Å². The number of nitrogens with one attached hydrogen (secondary N) is 2. The van der Waals surface area contributed by atoms with Crippen molar-refractivity contribution in [3.63, 3.8) is 0 Å². The van der Waals surface area contributed by atoms with Crippen molar-refractivity contribution in [3.05, 3.63) is 66.4 Å². The fourth-order valence-electron chi connectivity index (χ4n) is 3.03. The Balaban J connectivity index is 1.36. The monoisotopic (exact) mass is 392 g/mol. The van der Waals surface area contributed by atoms with Crippen LogP contribution in [0.5, 0.6) is 0 Å². The molecule has 0 bridgehead atoms. The van der Waals surface area contributed by atoms with Crippen molar-refractivity contribution in [1.82, 2.24) is 25.1 Å². The van der Waals surface area contributed by atoms with Crippen LogP contribution in [0.2, 0.25) is 0 Å². The highest BCUT2D eigenvalue weighted by atomic mass is 16.5. The molecule has 1 aliphatic rings. The molecule has 2 N–H and O–H groups in total. The summed E-state index contributed by atoms with van der Waals surface area (Å²) < 4.78 is 7.11. The van der Waals surface area contributed by atoms with E-state index in [9.17, 15) is 9.59 Å². The van der Waals surface area contributed by atoms with Crippen LogP contribution in [0.4, 0.5) is 5.69 Å². The van der Waals surface area contributed by atoms with Gasteiger partial charge in [0.2, 0.25) is 0 Å². The minimum atomic E-state index is -0.351. The van der Waals surface area contributed by atoms with Gasteiger partial charge in [-0.05, 0) is 49.2 Å². The van der Waals surface area contributed by atoms with E-state index in [0.29, 0.717) is 23.6 Å². The standard InChI is InChI=1S/C20H20N6O3/c27-19(21-11-16-3-2-10-29-16)14-6-8-15(9-7-14)24-20(28)17-4-1-5-18(25-17)26-12-22-23-13-26/h1,4-9,12-13,16H,2-3,10-11H2,(H,21,27)(H,24,28)/t16-/m1/s1. The molecule has 0 aliphatic carbocycles. The Morgan fingerprint density at radius 2 is 1.86 bits per heavy atom. The summed E-state index contributed by atoms with van der Waals surface area (Å²) >= 11 is 0. The Morgan fingerprint density at radius 3 is 2.59 bits per heavy atom. The first-order valence-corrected chi connectivity index (χ1v) is 9.32. The topological polar surface area (TPSA) is 111 Å². The zero-order chi connectivity index (χ0) is 20.1. The molecule has 4 rings (SSSR count). The molecule has 1 fully saturated rings. The van der Waals surface area contributed by atoms with E-state index in [1.807, 2.05) is 0 Å². The van der Waals surface area contributed by atoms with Crippen molar-refractivity contribution in [2.45, 2.75) is 18.9 Å². The lowest BCUT2D eigenvalue weighted by atomic mass is 10.1. The van der Waals surface area contributed by atoms with Crippen LogP contribution < -0.4 is 10.6 Å². The van der Waals surface area contributed by atoms with Gasteiger partial charge >= 0.3 is 0 Å².